The number of hydrogen-bond donors (Lipinski definition) is 3. The van der Waals surface area contributed by atoms with Gasteiger partial charge in [0.05, 0.1) is 0 Å². The van der Waals surface area contributed by atoms with Crippen LogP contribution in [0.4, 0.5) is 0 Å². The molecular weight excluding hydrogens is 204 g/mol. The third-order valence-corrected chi connectivity index (χ3v) is 1.68. The Balaban J connectivity index is 3.86. The quantitative estimate of drug-likeness (QED) is 0.355. The van der Waals surface area contributed by atoms with Gasteiger partial charge in [-0.25, -0.2) is 0 Å². The Morgan fingerprint density at radius 3 is 2.62 bits per heavy atom. The van der Waals surface area contributed by atoms with E-state index in [0.717, 1.165) is 0 Å². The molecule has 4 N–H and O–H groups in total. The Bertz CT molecular complexity index is 205. The zero-order valence-corrected chi connectivity index (χ0v) is 9.17. The van der Waals surface area contributed by atoms with E-state index < -0.39 is 0 Å². The van der Waals surface area contributed by atoms with Crippen LogP contribution in [0.25, 0.3) is 0 Å². The molecule has 6 heteroatoms. The van der Waals surface area contributed by atoms with Gasteiger partial charge < -0.3 is 11.1 Å². The van der Waals surface area contributed by atoms with Gasteiger partial charge >= 0.3 is 0 Å². The lowest BCUT2D eigenvalue weighted by Gasteiger charge is -2.23. The molecule has 0 aliphatic heterocycles. The van der Waals surface area contributed by atoms with Gasteiger partial charge in [0, 0.05) is 13.1 Å². The molecule has 0 aromatic carbocycles. The van der Waals surface area contributed by atoms with Gasteiger partial charge in [-0.05, 0) is 31.4 Å². The molecule has 0 amide bonds. The van der Waals surface area contributed by atoms with E-state index in [1.165, 1.54) is 0 Å². The fourth-order valence-corrected chi connectivity index (χ4v) is 0.985. The van der Waals surface area contributed by atoms with Crippen LogP contribution in [0.5, 0.6) is 0 Å². The number of nitrogens with one attached hydrogen (secondary N) is 2. The van der Waals surface area contributed by atoms with Gasteiger partial charge in [0.2, 0.25) is 0 Å². The minimum absolute atomic E-state index is 0.269. The van der Waals surface area contributed by atoms with Gasteiger partial charge in [0.25, 0.3) is 0 Å². The second kappa shape index (κ2) is 6.62. The molecule has 0 saturated heterocycles. The van der Waals surface area contributed by atoms with E-state index in [2.05, 4.69) is 17.3 Å². The summed E-state index contributed by atoms with van der Waals surface area (Å²) in [4.78, 5) is 0. The maximum Gasteiger partial charge on any atom is 0.185 e. The van der Waals surface area contributed by atoms with Crippen molar-refractivity contribution in [3.05, 3.63) is 12.7 Å². The van der Waals surface area contributed by atoms with Gasteiger partial charge in [-0.1, -0.05) is 6.08 Å². The van der Waals surface area contributed by atoms with Gasteiger partial charge in [0.15, 0.2) is 10.2 Å². The third-order valence-electron chi connectivity index (χ3n) is 1.23. The number of hydrogen-bond acceptors (Lipinski definition) is 2. The molecule has 0 fully saturated rings. The van der Waals surface area contributed by atoms with E-state index in [9.17, 15) is 0 Å². The number of thiocarbonyl (C=S) groups is 2. The van der Waals surface area contributed by atoms with Gasteiger partial charge in [-0.15, -0.1) is 6.58 Å². The fourth-order valence-electron chi connectivity index (χ4n) is 0.617. The molecule has 13 heavy (non-hydrogen) atoms. The van der Waals surface area contributed by atoms with E-state index in [0.29, 0.717) is 18.2 Å². The molecule has 0 spiro atoms. The third kappa shape index (κ3) is 5.37. The molecule has 0 aromatic rings. The molecule has 0 bridgehead atoms. The van der Waals surface area contributed by atoms with Gasteiger partial charge in [-0.3, -0.25) is 10.4 Å². The highest BCUT2D eigenvalue weighted by Gasteiger charge is 2.03. The Labute approximate surface area is 89.1 Å². The molecular formula is C7H14N4S2. The fraction of sp³-hybridized carbons (Fsp3) is 0.429. The van der Waals surface area contributed by atoms with E-state index in [1.54, 1.807) is 11.1 Å². The van der Waals surface area contributed by atoms with Crippen LogP contribution in [0.15, 0.2) is 12.7 Å². The standard InChI is InChI=1S/C7H14N4S2/c1-3-5-9-7(13)10-11(4-2)6(8)12/h3H,1,4-5H2,2H3,(H2,8,12)(H2,9,10,13). The second-order valence-electron chi connectivity index (χ2n) is 2.19. The van der Waals surface area contributed by atoms with Crippen molar-refractivity contribution in [3.8, 4) is 0 Å². The lowest BCUT2D eigenvalue weighted by Crippen LogP contribution is -2.51. The van der Waals surface area contributed by atoms with Crippen molar-refractivity contribution in [2.24, 2.45) is 5.73 Å². The summed E-state index contributed by atoms with van der Waals surface area (Å²) >= 11 is 9.74. The summed E-state index contributed by atoms with van der Waals surface area (Å²) in [5.74, 6) is 0. The number of nitrogens with zero attached hydrogens (tertiary/aromatic N) is 1. The van der Waals surface area contributed by atoms with Crippen molar-refractivity contribution in [3.63, 3.8) is 0 Å². The van der Waals surface area contributed by atoms with Crippen LogP contribution in [0, 0.1) is 0 Å². The van der Waals surface area contributed by atoms with Crippen LogP contribution in [-0.2, 0) is 0 Å². The lowest BCUT2D eigenvalue weighted by atomic mass is 10.6. The van der Waals surface area contributed by atoms with Crippen molar-refractivity contribution in [1.82, 2.24) is 15.8 Å². The topological polar surface area (TPSA) is 53.3 Å². The van der Waals surface area contributed by atoms with E-state index in [4.69, 9.17) is 30.2 Å². The summed E-state index contributed by atoms with van der Waals surface area (Å²) in [5.41, 5.74) is 8.25. The molecule has 4 nitrogen and oxygen atoms in total. The lowest BCUT2D eigenvalue weighted by molar-refractivity contribution is 0.397. The Morgan fingerprint density at radius 1 is 1.62 bits per heavy atom. The average molecular weight is 218 g/mol. The van der Waals surface area contributed by atoms with Crippen LogP contribution >= 0.6 is 24.4 Å². The molecule has 0 aliphatic rings. The SMILES string of the molecule is C=CCNC(=S)NN(CC)C(N)=S. The summed E-state index contributed by atoms with van der Waals surface area (Å²) in [5, 5.41) is 5.22. The first kappa shape index (κ1) is 12.1. The van der Waals surface area contributed by atoms with Gasteiger partial charge in [0.1, 0.15) is 0 Å². The van der Waals surface area contributed by atoms with Crippen molar-refractivity contribution in [2.75, 3.05) is 13.1 Å². The van der Waals surface area contributed by atoms with Crippen LogP contribution in [-0.4, -0.2) is 28.3 Å². The maximum absolute atomic E-state index is 5.41. The smallest absolute Gasteiger partial charge is 0.185 e. The summed E-state index contributed by atoms with van der Waals surface area (Å²) in [6.07, 6.45) is 1.71. The second-order valence-corrected chi connectivity index (χ2v) is 3.02. The normalized spacial score (nSPS) is 8.69. The van der Waals surface area contributed by atoms with Crippen LogP contribution in [0.2, 0.25) is 0 Å². The van der Waals surface area contributed by atoms with Crippen LogP contribution in [0.1, 0.15) is 6.92 Å². The molecule has 74 valence electrons. The Morgan fingerprint density at radius 2 is 2.23 bits per heavy atom. The van der Waals surface area contributed by atoms with Crippen molar-refractivity contribution >= 4 is 34.7 Å². The minimum Gasteiger partial charge on any atom is -0.375 e. The van der Waals surface area contributed by atoms with E-state index >= 15 is 0 Å². The Hall–Kier alpha value is -0.880. The number of nitrogens with two attached hydrogens (primary N) is 1. The molecule has 0 aromatic heterocycles. The first-order chi connectivity index (χ1) is 6.11. The minimum atomic E-state index is 0.269. The van der Waals surface area contributed by atoms with Crippen LogP contribution < -0.4 is 16.5 Å². The highest BCUT2D eigenvalue weighted by atomic mass is 32.1. The first-order valence-corrected chi connectivity index (χ1v) is 4.65. The average Bonchev–Trinajstić information content (AvgIpc) is 2.10. The predicted molar refractivity (Wildman–Crippen MR) is 63.1 cm³/mol. The molecule has 0 aliphatic carbocycles. The molecule has 0 rings (SSSR count). The predicted octanol–water partition coefficient (Wildman–Crippen LogP) is 0.117. The highest BCUT2D eigenvalue weighted by molar-refractivity contribution is 7.80. The van der Waals surface area contributed by atoms with E-state index in [1.807, 2.05) is 6.92 Å². The zero-order valence-electron chi connectivity index (χ0n) is 7.54. The monoisotopic (exact) mass is 218 g/mol. The van der Waals surface area contributed by atoms with Crippen LogP contribution in [0.3, 0.4) is 0 Å². The first-order valence-electron chi connectivity index (χ1n) is 3.84. The summed E-state index contributed by atoms with van der Waals surface area (Å²) in [6, 6.07) is 0. The van der Waals surface area contributed by atoms with Crippen molar-refractivity contribution < 1.29 is 0 Å². The molecule has 0 atom stereocenters. The van der Waals surface area contributed by atoms with Crippen molar-refractivity contribution in [1.29, 1.82) is 0 Å². The van der Waals surface area contributed by atoms with Crippen molar-refractivity contribution in [2.45, 2.75) is 6.92 Å². The number of hydrazine groups is 1. The van der Waals surface area contributed by atoms with E-state index in [-0.39, 0.29) is 5.11 Å². The highest BCUT2D eigenvalue weighted by Crippen LogP contribution is 1.81. The largest absolute Gasteiger partial charge is 0.375 e. The maximum atomic E-state index is 5.41. The summed E-state index contributed by atoms with van der Waals surface area (Å²) in [7, 11) is 0. The molecule has 0 heterocycles. The molecule has 0 unspecified atom stereocenters. The summed E-state index contributed by atoms with van der Waals surface area (Å²) < 4.78 is 0. The zero-order chi connectivity index (χ0) is 10.3. The molecule has 0 radical (unpaired) electrons. The number of rotatable bonds is 3. The Kier molecular flexibility index (Phi) is 6.17. The molecule has 0 saturated carbocycles. The summed E-state index contributed by atoms with van der Waals surface area (Å²) in [6.45, 7) is 6.74. The van der Waals surface area contributed by atoms with Gasteiger partial charge in [-0.2, -0.15) is 0 Å².